The molecule has 3 aliphatic rings. The molecule has 3 aliphatic heterocycles. The zero-order chi connectivity index (χ0) is 72.2. The second-order valence-corrected chi connectivity index (χ2v) is 28.7. The molecule has 3 fully saturated rings. The highest BCUT2D eigenvalue weighted by Gasteiger charge is 2.55. The van der Waals surface area contributed by atoms with Gasteiger partial charge in [-0.25, -0.2) is 5.06 Å². The first-order valence-electron chi connectivity index (χ1n) is 34.7. The van der Waals surface area contributed by atoms with Gasteiger partial charge in [-0.3, -0.25) is 62.5 Å². The Bertz CT molecular complexity index is 2570. The number of nitrogens with one attached hydrogen (secondary N) is 4. The summed E-state index contributed by atoms with van der Waals surface area (Å²) < 4.78 is 11.9. The number of likely N-dealkylation sites (N-methyl/N-ethyl adjacent to an activating group) is 6. The van der Waals surface area contributed by atoms with E-state index >= 15 is 19.2 Å². The van der Waals surface area contributed by atoms with Crippen molar-refractivity contribution in [1.29, 1.82) is 0 Å². The van der Waals surface area contributed by atoms with Gasteiger partial charge < -0.3 is 65.2 Å². The predicted molar refractivity (Wildman–Crippen MR) is 360 cm³/mol. The number of morpholine rings is 1. The first-order valence-corrected chi connectivity index (χ1v) is 34.7. The lowest BCUT2D eigenvalue weighted by molar-refractivity contribution is -0.322. The van der Waals surface area contributed by atoms with Crippen molar-refractivity contribution in [2.24, 2.45) is 35.5 Å². The molecule has 14 atom stereocenters. The van der Waals surface area contributed by atoms with Crippen LogP contribution in [0.5, 0.6) is 0 Å². The van der Waals surface area contributed by atoms with Crippen LogP contribution in [0.4, 0.5) is 0 Å². The van der Waals surface area contributed by atoms with Crippen LogP contribution in [0.1, 0.15) is 169 Å². The number of hydrogen-bond acceptors (Lipinski definition) is 16. The van der Waals surface area contributed by atoms with Gasteiger partial charge in [0, 0.05) is 68.6 Å². The van der Waals surface area contributed by atoms with E-state index in [1.54, 1.807) is 41.5 Å². The second kappa shape index (κ2) is 38.8. The maximum atomic E-state index is 15.2. The summed E-state index contributed by atoms with van der Waals surface area (Å²) in [5.41, 5.74) is 0. The Morgan fingerprint density at radius 2 is 1.02 bits per heavy atom. The van der Waals surface area contributed by atoms with Crippen LogP contribution in [-0.2, 0) is 67.1 Å². The average molecular weight is 1350 g/mol. The monoisotopic (exact) mass is 1350 g/mol. The van der Waals surface area contributed by atoms with E-state index in [1.165, 1.54) is 92.5 Å². The molecule has 95 heavy (non-hydrogen) atoms. The number of carbonyl (C=O) groups excluding carboxylic acids is 11. The molecule has 0 radical (unpaired) electrons. The van der Waals surface area contributed by atoms with E-state index < -0.39 is 155 Å². The number of unbranched alkanes of at least 4 members (excludes halogenated alkanes) is 2. The van der Waals surface area contributed by atoms with Crippen LogP contribution in [0.3, 0.4) is 0 Å². The van der Waals surface area contributed by atoms with E-state index in [4.69, 9.17) is 14.3 Å². The molecule has 3 rings (SSSR count). The van der Waals surface area contributed by atoms with Crippen molar-refractivity contribution in [3.63, 3.8) is 0 Å². The molecule has 0 saturated carbocycles. The van der Waals surface area contributed by atoms with Crippen LogP contribution in [0.25, 0.3) is 0 Å². The van der Waals surface area contributed by atoms with Crippen LogP contribution in [0.2, 0.25) is 0 Å². The number of aliphatic hydroxyl groups excluding tert-OH is 1. The summed E-state index contributed by atoms with van der Waals surface area (Å²) >= 11 is 0. The Hall–Kier alpha value is -6.03. The highest BCUT2D eigenvalue weighted by atomic mass is 16.7. The predicted octanol–water partition coefficient (Wildman–Crippen LogP) is 2.65. The van der Waals surface area contributed by atoms with E-state index in [0.717, 1.165) is 31.1 Å². The zero-order valence-corrected chi connectivity index (χ0v) is 61.5. The first-order chi connectivity index (χ1) is 44.4. The molecule has 0 bridgehead atoms. The molecule has 0 aromatic carbocycles. The fourth-order valence-corrected chi connectivity index (χ4v) is 12.7. The molecular weight excluding hydrogens is 1220 g/mol. The normalized spacial score (nSPS) is 28.4. The molecule has 544 valence electrons. The Morgan fingerprint density at radius 1 is 0.505 bits per heavy atom. The third-order valence-corrected chi connectivity index (χ3v) is 18.8. The standard InChI is InChI=1S/C68H122N12O15/c1-23-49-64(88)73(17)47(15)63(87)78(22)55(48(16)94-33-27-25-29-79-30-34-93-35-31-79)60(84)72-53(42(8)9)67(91)74(18)50(36-39(2)3)59(83)69-45(13)58(82)70-46(14)62(86)75(19)51(37-40(4)5)65(89)76(20)52(38-41(6)7)66(90)77(21)54(43(10)11)68(92)80-56(61(85)71-49)57(95-80)44(12)28-24-26-32-81/h39-57,81H,23-38H2,1-22H3,(H,69,83)(H,70,82)(H,71,85)(H,72,84)/t44-,45?,46-,47-,48-,49?,50+,51+,52+,53?,54+,55?,56+,57-/m1/s1. The molecule has 11 amide bonds. The number of fused-ring (bicyclic) bond motifs is 1. The van der Waals surface area contributed by atoms with Crippen LogP contribution >= 0.6 is 0 Å². The number of hydroxylamine groups is 2. The molecule has 27 nitrogen and oxygen atoms in total. The molecule has 3 heterocycles. The summed E-state index contributed by atoms with van der Waals surface area (Å²) in [5, 5.41) is 21.8. The summed E-state index contributed by atoms with van der Waals surface area (Å²) in [7, 11) is 8.61. The van der Waals surface area contributed by atoms with E-state index in [0.29, 0.717) is 38.9 Å². The van der Waals surface area contributed by atoms with Gasteiger partial charge in [-0.05, 0) is 121 Å². The number of carbonyl (C=O) groups is 11. The molecular formula is C68H122N12O15. The molecule has 4 unspecified atom stereocenters. The quantitative estimate of drug-likeness (QED) is 0.103. The molecule has 0 aromatic rings. The van der Waals surface area contributed by atoms with Crippen molar-refractivity contribution >= 4 is 65.0 Å². The number of hydrogen-bond donors (Lipinski definition) is 5. The van der Waals surface area contributed by atoms with E-state index in [9.17, 15) is 38.7 Å². The maximum Gasteiger partial charge on any atom is 0.270 e. The molecule has 0 spiro atoms. The van der Waals surface area contributed by atoms with E-state index in [2.05, 4.69) is 26.2 Å². The smallest absolute Gasteiger partial charge is 0.270 e. The van der Waals surface area contributed by atoms with Crippen molar-refractivity contribution < 1.29 is 72.2 Å². The topological polar surface area (TPSA) is 310 Å². The summed E-state index contributed by atoms with van der Waals surface area (Å²) in [6.07, 6.45) is 1.55. The van der Waals surface area contributed by atoms with Crippen molar-refractivity contribution in [3.8, 4) is 0 Å². The third-order valence-electron chi connectivity index (χ3n) is 18.8. The van der Waals surface area contributed by atoms with Crippen molar-refractivity contribution in [1.82, 2.24) is 60.6 Å². The lowest BCUT2D eigenvalue weighted by Gasteiger charge is -2.50. The SMILES string of the molecule is CCC1NC(=O)[C@@H]2[C@@H]([C@H](C)CCCCO)ON2C(=O)[C@H](C(C)C)N(C)C(=O)[C@H](CC(C)C)N(C)C(=O)[C@H](CC(C)C)N(C)C(=O)[C@@H](C)NC(=O)C(C)NC(=O)[C@H](CC(C)C)N(C)C(=O)C(C(C)C)NC(=O)C([C@@H](C)OCCCCN2CCOCC2)N(C)C(=O)[C@@H](C)N(C)C1=O. The average Bonchev–Trinajstić information content (AvgIpc) is 0.756. The van der Waals surface area contributed by atoms with Gasteiger partial charge in [-0.15, -0.1) is 0 Å². The fraction of sp³-hybridized carbons (Fsp3) is 0.838. The van der Waals surface area contributed by atoms with Gasteiger partial charge in [0.1, 0.15) is 66.5 Å². The van der Waals surface area contributed by atoms with Gasteiger partial charge in [0.2, 0.25) is 59.1 Å². The van der Waals surface area contributed by atoms with Gasteiger partial charge in [0.05, 0.1) is 19.3 Å². The molecule has 0 aliphatic carbocycles. The number of nitrogens with zero attached hydrogens (tertiary/aromatic N) is 8. The van der Waals surface area contributed by atoms with Crippen LogP contribution in [-0.4, -0.2) is 276 Å². The van der Waals surface area contributed by atoms with Gasteiger partial charge in [0.25, 0.3) is 5.91 Å². The zero-order valence-electron chi connectivity index (χ0n) is 61.5. The first kappa shape index (κ1) is 83.2. The highest BCUT2D eigenvalue weighted by Crippen LogP contribution is 2.34. The molecule has 3 saturated heterocycles. The highest BCUT2D eigenvalue weighted by molar-refractivity contribution is 6.00. The lowest BCUT2D eigenvalue weighted by Crippen LogP contribution is -2.72. The van der Waals surface area contributed by atoms with Crippen molar-refractivity contribution in [3.05, 3.63) is 0 Å². The van der Waals surface area contributed by atoms with E-state index in [-0.39, 0.29) is 62.6 Å². The minimum atomic E-state index is -1.39. The van der Waals surface area contributed by atoms with Gasteiger partial charge in [-0.1, -0.05) is 89.5 Å². The van der Waals surface area contributed by atoms with Gasteiger partial charge in [-0.2, -0.15) is 0 Å². The summed E-state index contributed by atoms with van der Waals surface area (Å²) in [6.45, 7) is 31.6. The summed E-state index contributed by atoms with van der Waals surface area (Å²) in [4.78, 5) is 179. The Kier molecular flexibility index (Phi) is 34.0. The van der Waals surface area contributed by atoms with Gasteiger partial charge >= 0.3 is 0 Å². The molecule has 27 heteroatoms. The van der Waals surface area contributed by atoms with E-state index in [1.807, 2.05) is 48.5 Å². The second-order valence-electron chi connectivity index (χ2n) is 28.7. The Labute approximate surface area is 566 Å². The Morgan fingerprint density at radius 3 is 1.55 bits per heavy atom. The number of amides is 11. The lowest BCUT2D eigenvalue weighted by atomic mass is 9.88. The largest absolute Gasteiger partial charge is 0.396 e. The molecule has 5 N–H and O–H groups in total. The Balaban J connectivity index is 2.28. The van der Waals surface area contributed by atoms with Crippen LogP contribution in [0.15, 0.2) is 0 Å². The third kappa shape index (κ3) is 22.8. The molecule has 0 aromatic heterocycles. The number of ether oxygens (including phenoxy) is 2. The minimum Gasteiger partial charge on any atom is -0.396 e. The number of rotatable bonds is 21. The maximum absolute atomic E-state index is 15.2. The van der Waals surface area contributed by atoms with Crippen LogP contribution < -0.4 is 21.3 Å². The van der Waals surface area contributed by atoms with Crippen molar-refractivity contribution in [2.45, 2.75) is 247 Å². The minimum absolute atomic E-state index is 0.0362. The fourth-order valence-electron chi connectivity index (χ4n) is 12.7. The van der Waals surface area contributed by atoms with Crippen LogP contribution in [0, 0.1) is 35.5 Å². The van der Waals surface area contributed by atoms with Crippen molar-refractivity contribution in [2.75, 3.05) is 88.3 Å². The number of aliphatic hydroxyl groups is 1. The van der Waals surface area contributed by atoms with Gasteiger partial charge in [0.15, 0.2) is 6.04 Å². The summed E-state index contributed by atoms with van der Waals surface area (Å²) in [6, 6.07) is -13.7. The summed E-state index contributed by atoms with van der Waals surface area (Å²) in [5.74, 6) is -9.47.